The number of hydrogen-bond donors (Lipinski definition) is 0. The smallest absolute Gasteiger partial charge is 0.192 e. The van der Waals surface area contributed by atoms with E-state index in [9.17, 15) is 0 Å². The predicted molar refractivity (Wildman–Crippen MR) is 115 cm³/mol. The van der Waals surface area contributed by atoms with E-state index >= 15 is 0 Å². The summed E-state index contributed by atoms with van der Waals surface area (Å²) < 4.78 is 2.09. The second-order valence-electron chi connectivity index (χ2n) is 6.15. The predicted octanol–water partition coefficient (Wildman–Crippen LogP) is 5.99. The Morgan fingerprint density at radius 1 is 0.893 bits per heavy atom. The molecular weight excluding hydrogens is 411 g/mol. The second-order valence-corrected chi connectivity index (χ2v) is 7.94. The topological polar surface area (TPSA) is 43.6 Å². The molecule has 7 heteroatoms. The molecule has 0 bridgehead atoms. The Balaban J connectivity index is 1.70. The van der Waals surface area contributed by atoms with Crippen molar-refractivity contribution in [3.8, 4) is 11.4 Å². The zero-order valence-electron chi connectivity index (χ0n) is 14.8. The average Bonchev–Trinajstić information content (AvgIpc) is 3.10. The fourth-order valence-corrected chi connectivity index (χ4v) is 4.17. The Labute approximate surface area is 177 Å². The molecule has 0 aliphatic rings. The minimum absolute atomic E-state index is 0.554. The fraction of sp³-hybridized carbons (Fsp3) is 0.0952. The minimum atomic E-state index is 0.554. The third kappa shape index (κ3) is 4.38. The van der Waals surface area contributed by atoms with E-state index < -0.39 is 0 Å². The quantitative estimate of drug-likeness (QED) is 0.355. The molecule has 0 saturated carbocycles. The van der Waals surface area contributed by atoms with Crippen LogP contribution in [0.1, 0.15) is 11.1 Å². The Kier molecular flexibility index (Phi) is 5.95. The van der Waals surface area contributed by atoms with Gasteiger partial charge in [0.15, 0.2) is 11.0 Å². The maximum Gasteiger partial charge on any atom is 0.192 e. The standard InChI is InChI=1S/C21H16Cl2N4S/c22-17-8-9-18(19(23)11-17)20-25-26-21(28-14-16-7-4-10-24-12-16)27(20)13-15-5-2-1-3-6-15/h1-12H,13-14H2. The van der Waals surface area contributed by atoms with Crippen LogP contribution in [0.3, 0.4) is 0 Å². The number of pyridine rings is 1. The van der Waals surface area contributed by atoms with E-state index in [0.717, 1.165) is 33.4 Å². The highest BCUT2D eigenvalue weighted by molar-refractivity contribution is 7.98. The van der Waals surface area contributed by atoms with Crippen LogP contribution in [-0.2, 0) is 12.3 Å². The SMILES string of the molecule is Clc1ccc(-c2nnc(SCc3cccnc3)n2Cc2ccccc2)c(Cl)c1. The van der Waals surface area contributed by atoms with Gasteiger partial charge in [-0.2, -0.15) is 0 Å². The van der Waals surface area contributed by atoms with E-state index in [-0.39, 0.29) is 0 Å². The summed E-state index contributed by atoms with van der Waals surface area (Å²) in [5.74, 6) is 1.48. The molecule has 0 fully saturated rings. The van der Waals surface area contributed by atoms with Crippen molar-refractivity contribution in [2.45, 2.75) is 17.5 Å². The van der Waals surface area contributed by atoms with Crippen LogP contribution in [0.5, 0.6) is 0 Å². The van der Waals surface area contributed by atoms with Crippen molar-refractivity contribution in [3.05, 3.63) is 94.2 Å². The summed E-state index contributed by atoms with van der Waals surface area (Å²) in [5, 5.41) is 10.8. The first-order chi connectivity index (χ1) is 13.7. The number of halogens is 2. The lowest BCUT2D eigenvalue weighted by molar-refractivity contribution is 0.714. The molecule has 0 atom stereocenters. The van der Waals surface area contributed by atoms with Gasteiger partial charge in [-0.15, -0.1) is 10.2 Å². The lowest BCUT2D eigenvalue weighted by Crippen LogP contribution is -2.04. The van der Waals surface area contributed by atoms with Gasteiger partial charge in [0.05, 0.1) is 11.6 Å². The molecule has 4 nitrogen and oxygen atoms in total. The Morgan fingerprint density at radius 3 is 2.46 bits per heavy atom. The number of thioether (sulfide) groups is 1. The molecule has 0 spiro atoms. The third-order valence-corrected chi connectivity index (χ3v) is 5.75. The maximum atomic E-state index is 6.44. The zero-order valence-corrected chi connectivity index (χ0v) is 17.1. The van der Waals surface area contributed by atoms with Crippen molar-refractivity contribution in [1.82, 2.24) is 19.7 Å². The van der Waals surface area contributed by atoms with Crippen molar-refractivity contribution in [1.29, 1.82) is 0 Å². The van der Waals surface area contributed by atoms with Crippen LogP contribution >= 0.6 is 35.0 Å². The van der Waals surface area contributed by atoms with Gasteiger partial charge in [-0.05, 0) is 35.4 Å². The summed E-state index contributed by atoms with van der Waals surface area (Å²) in [6.07, 6.45) is 3.63. The Morgan fingerprint density at radius 2 is 1.71 bits per heavy atom. The number of aromatic nitrogens is 4. The van der Waals surface area contributed by atoms with Crippen LogP contribution in [0.4, 0.5) is 0 Å². The van der Waals surface area contributed by atoms with Crippen molar-refractivity contribution in [2.75, 3.05) is 0 Å². The van der Waals surface area contributed by atoms with Gasteiger partial charge in [0.1, 0.15) is 0 Å². The van der Waals surface area contributed by atoms with E-state index in [2.05, 4.69) is 37.9 Å². The monoisotopic (exact) mass is 426 g/mol. The lowest BCUT2D eigenvalue weighted by Gasteiger charge is -2.11. The highest BCUT2D eigenvalue weighted by Crippen LogP contribution is 2.32. The Hall–Kier alpha value is -2.34. The van der Waals surface area contributed by atoms with Gasteiger partial charge >= 0.3 is 0 Å². The van der Waals surface area contributed by atoms with Gasteiger partial charge in [0.2, 0.25) is 0 Å². The molecule has 4 aromatic rings. The normalized spacial score (nSPS) is 10.9. The van der Waals surface area contributed by atoms with Gasteiger partial charge in [-0.3, -0.25) is 9.55 Å². The molecule has 2 heterocycles. The molecular formula is C21H16Cl2N4S. The van der Waals surface area contributed by atoms with Crippen molar-refractivity contribution in [3.63, 3.8) is 0 Å². The molecule has 2 aromatic carbocycles. The molecule has 28 heavy (non-hydrogen) atoms. The van der Waals surface area contributed by atoms with Crippen molar-refractivity contribution < 1.29 is 0 Å². The maximum absolute atomic E-state index is 6.44. The van der Waals surface area contributed by atoms with Crippen LogP contribution in [0.25, 0.3) is 11.4 Å². The minimum Gasteiger partial charge on any atom is -0.297 e. The summed E-state index contributed by atoms with van der Waals surface area (Å²) >= 11 is 14.1. The van der Waals surface area contributed by atoms with E-state index in [4.69, 9.17) is 23.2 Å². The van der Waals surface area contributed by atoms with E-state index in [0.29, 0.717) is 16.6 Å². The van der Waals surface area contributed by atoms with E-state index in [1.807, 2.05) is 42.6 Å². The average molecular weight is 427 g/mol. The number of hydrogen-bond acceptors (Lipinski definition) is 4. The molecule has 0 N–H and O–H groups in total. The molecule has 0 amide bonds. The fourth-order valence-electron chi connectivity index (χ4n) is 2.81. The van der Waals surface area contributed by atoms with Gasteiger partial charge in [0.25, 0.3) is 0 Å². The number of nitrogens with zero attached hydrogens (tertiary/aromatic N) is 4. The first-order valence-electron chi connectivity index (χ1n) is 8.65. The first-order valence-corrected chi connectivity index (χ1v) is 10.4. The van der Waals surface area contributed by atoms with Crippen LogP contribution < -0.4 is 0 Å². The van der Waals surface area contributed by atoms with Crippen LogP contribution in [0, 0.1) is 0 Å². The van der Waals surface area contributed by atoms with Crippen LogP contribution in [0.15, 0.2) is 78.2 Å². The summed E-state index contributed by atoms with van der Waals surface area (Å²) in [6, 6.07) is 19.6. The van der Waals surface area contributed by atoms with Gasteiger partial charge in [-0.25, -0.2) is 0 Å². The summed E-state index contributed by atoms with van der Waals surface area (Å²) in [5.41, 5.74) is 3.10. The highest BCUT2D eigenvalue weighted by Gasteiger charge is 2.17. The first kappa shape index (κ1) is 19.0. The van der Waals surface area contributed by atoms with Crippen LogP contribution in [-0.4, -0.2) is 19.7 Å². The molecule has 0 saturated heterocycles. The number of benzene rings is 2. The van der Waals surface area contributed by atoms with Crippen molar-refractivity contribution in [2.24, 2.45) is 0 Å². The highest BCUT2D eigenvalue weighted by atomic mass is 35.5. The summed E-state index contributed by atoms with van der Waals surface area (Å²) in [7, 11) is 0. The molecule has 140 valence electrons. The van der Waals surface area contributed by atoms with Crippen molar-refractivity contribution >= 4 is 35.0 Å². The van der Waals surface area contributed by atoms with Gasteiger partial charge < -0.3 is 0 Å². The molecule has 4 rings (SSSR count). The summed E-state index contributed by atoms with van der Waals surface area (Å²) in [4.78, 5) is 4.17. The van der Waals surface area contributed by atoms with Gasteiger partial charge in [-0.1, -0.05) is 71.4 Å². The molecule has 0 radical (unpaired) electrons. The third-order valence-electron chi connectivity index (χ3n) is 4.16. The molecule has 0 aliphatic carbocycles. The molecule has 2 aromatic heterocycles. The summed E-state index contributed by atoms with van der Waals surface area (Å²) in [6.45, 7) is 0.650. The lowest BCUT2D eigenvalue weighted by atomic mass is 10.2. The van der Waals surface area contributed by atoms with E-state index in [1.165, 1.54) is 0 Å². The molecule has 0 unspecified atom stereocenters. The second kappa shape index (κ2) is 8.78. The van der Waals surface area contributed by atoms with E-state index in [1.54, 1.807) is 24.0 Å². The van der Waals surface area contributed by atoms with Crippen LogP contribution in [0.2, 0.25) is 10.0 Å². The largest absolute Gasteiger partial charge is 0.297 e. The Bertz CT molecular complexity index is 1070. The molecule has 0 aliphatic heterocycles. The number of rotatable bonds is 6. The van der Waals surface area contributed by atoms with Gasteiger partial charge in [0, 0.05) is 28.7 Å². The zero-order chi connectivity index (χ0) is 19.3.